The molecule has 1 aromatic heterocycles. The Morgan fingerprint density at radius 2 is 1.71 bits per heavy atom. The molecule has 0 saturated carbocycles. The zero-order chi connectivity index (χ0) is 12.6. The van der Waals surface area contributed by atoms with Crippen molar-refractivity contribution in [2.45, 2.75) is 46.0 Å². The number of hydrogen-bond acceptors (Lipinski definition) is 1. The lowest BCUT2D eigenvalue weighted by molar-refractivity contribution is 0.570. The first-order valence-corrected chi connectivity index (χ1v) is 6.30. The van der Waals surface area contributed by atoms with Crippen LogP contribution in [0.1, 0.15) is 51.9 Å². The minimum absolute atomic E-state index is 0.0878. The third-order valence-corrected chi connectivity index (χ3v) is 3.06. The second-order valence-corrected chi connectivity index (χ2v) is 6.02. The van der Waals surface area contributed by atoms with Crippen molar-refractivity contribution >= 4 is 10.8 Å². The summed E-state index contributed by atoms with van der Waals surface area (Å²) in [7, 11) is 0. The molecule has 0 aliphatic rings. The van der Waals surface area contributed by atoms with E-state index < -0.39 is 0 Å². The smallest absolute Gasteiger partial charge is 0.0538 e. The predicted octanol–water partition coefficient (Wildman–Crippen LogP) is 4.66. The number of nitrogens with zero attached hydrogens (tertiary/aromatic N) is 1. The van der Waals surface area contributed by atoms with Gasteiger partial charge in [-0.05, 0) is 17.4 Å². The predicted molar refractivity (Wildman–Crippen MR) is 74.5 cm³/mol. The molecule has 0 spiro atoms. The van der Waals surface area contributed by atoms with Gasteiger partial charge in [0.15, 0.2) is 0 Å². The molecule has 0 unspecified atom stereocenters. The molecule has 0 saturated heterocycles. The minimum Gasteiger partial charge on any atom is -0.256 e. The first-order chi connectivity index (χ1) is 7.89. The van der Waals surface area contributed by atoms with Gasteiger partial charge in [0.25, 0.3) is 0 Å². The Morgan fingerprint density at radius 1 is 1.06 bits per heavy atom. The maximum atomic E-state index is 4.87. The second-order valence-electron chi connectivity index (χ2n) is 6.02. The summed E-state index contributed by atoms with van der Waals surface area (Å²) in [6, 6.07) is 10.8. The van der Waals surface area contributed by atoms with E-state index in [9.17, 15) is 0 Å². The third kappa shape index (κ3) is 2.33. The summed E-state index contributed by atoms with van der Waals surface area (Å²) in [6.45, 7) is 11.1. The van der Waals surface area contributed by atoms with E-state index in [0.717, 1.165) is 0 Å². The van der Waals surface area contributed by atoms with Gasteiger partial charge >= 0.3 is 0 Å². The van der Waals surface area contributed by atoms with Crippen molar-refractivity contribution in [1.29, 1.82) is 0 Å². The van der Waals surface area contributed by atoms with E-state index in [4.69, 9.17) is 4.98 Å². The summed E-state index contributed by atoms with van der Waals surface area (Å²) in [4.78, 5) is 4.87. The van der Waals surface area contributed by atoms with Gasteiger partial charge in [-0.1, -0.05) is 58.9 Å². The van der Waals surface area contributed by atoms with E-state index in [1.54, 1.807) is 0 Å². The van der Waals surface area contributed by atoms with Crippen LogP contribution in [0.2, 0.25) is 0 Å². The monoisotopic (exact) mass is 227 g/mol. The molecule has 0 N–H and O–H groups in total. The molecule has 0 aliphatic carbocycles. The number of benzene rings is 1. The Kier molecular flexibility index (Phi) is 2.94. The molecule has 1 heterocycles. The van der Waals surface area contributed by atoms with Crippen LogP contribution in [0.5, 0.6) is 0 Å². The van der Waals surface area contributed by atoms with Crippen molar-refractivity contribution < 1.29 is 0 Å². The average Bonchev–Trinajstić information content (AvgIpc) is 2.26. The number of fused-ring (bicyclic) bond motifs is 1. The first-order valence-electron chi connectivity index (χ1n) is 6.30. The highest BCUT2D eigenvalue weighted by molar-refractivity contribution is 5.85. The molecule has 0 atom stereocenters. The Labute approximate surface area is 104 Å². The highest BCUT2D eigenvalue weighted by Crippen LogP contribution is 2.30. The molecule has 17 heavy (non-hydrogen) atoms. The topological polar surface area (TPSA) is 12.9 Å². The van der Waals surface area contributed by atoms with Crippen LogP contribution in [-0.2, 0) is 5.41 Å². The number of rotatable bonds is 1. The lowest BCUT2D eigenvalue weighted by Crippen LogP contribution is -2.15. The molecular formula is C16H21N. The molecule has 90 valence electrons. The van der Waals surface area contributed by atoms with Gasteiger partial charge in [-0.25, -0.2) is 0 Å². The van der Waals surface area contributed by atoms with Gasteiger partial charge in [-0.2, -0.15) is 0 Å². The van der Waals surface area contributed by atoms with Crippen LogP contribution in [0.4, 0.5) is 0 Å². The van der Waals surface area contributed by atoms with Crippen molar-refractivity contribution in [1.82, 2.24) is 4.98 Å². The molecule has 0 amide bonds. The summed E-state index contributed by atoms with van der Waals surface area (Å²) >= 11 is 0. The van der Waals surface area contributed by atoms with E-state index >= 15 is 0 Å². The molecule has 1 heteroatoms. The molecule has 1 nitrogen and oxygen atoms in total. The summed E-state index contributed by atoms with van der Waals surface area (Å²) < 4.78 is 0. The van der Waals surface area contributed by atoms with Crippen LogP contribution in [0.3, 0.4) is 0 Å². The Balaban J connectivity index is 2.79. The SMILES string of the molecule is CC(C)c1cc2ccccc2c(C(C)(C)C)n1. The third-order valence-electron chi connectivity index (χ3n) is 3.06. The molecule has 1 aromatic carbocycles. The van der Waals surface area contributed by atoms with Gasteiger partial charge in [0.2, 0.25) is 0 Å². The van der Waals surface area contributed by atoms with Crippen molar-refractivity contribution in [2.24, 2.45) is 0 Å². The lowest BCUT2D eigenvalue weighted by atomic mass is 9.87. The summed E-state index contributed by atoms with van der Waals surface area (Å²) in [5, 5.41) is 2.58. The van der Waals surface area contributed by atoms with Gasteiger partial charge < -0.3 is 0 Å². The van der Waals surface area contributed by atoms with E-state index in [1.807, 2.05) is 0 Å². The molecular weight excluding hydrogens is 206 g/mol. The fourth-order valence-corrected chi connectivity index (χ4v) is 2.09. The number of aromatic nitrogens is 1. The summed E-state index contributed by atoms with van der Waals surface area (Å²) in [5.41, 5.74) is 2.48. The Hall–Kier alpha value is -1.37. The molecule has 2 rings (SSSR count). The molecule has 0 fully saturated rings. The molecule has 0 radical (unpaired) electrons. The zero-order valence-electron chi connectivity index (χ0n) is 11.4. The molecule has 0 bridgehead atoms. The maximum absolute atomic E-state index is 4.87. The van der Waals surface area contributed by atoms with Gasteiger partial charge in [0.05, 0.1) is 5.69 Å². The fraction of sp³-hybridized carbons (Fsp3) is 0.438. The van der Waals surface area contributed by atoms with E-state index in [0.29, 0.717) is 5.92 Å². The Morgan fingerprint density at radius 3 is 2.29 bits per heavy atom. The van der Waals surface area contributed by atoms with E-state index in [2.05, 4.69) is 65.0 Å². The standard InChI is InChI=1S/C16H21N/c1-11(2)14-10-12-8-6-7-9-13(12)15(17-14)16(3,4)5/h6-11H,1-5H3. The average molecular weight is 227 g/mol. The fourth-order valence-electron chi connectivity index (χ4n) is 2.09. The Bertz CT molecular complexity index is 533. The minimum atomic E-state index is 0.0878. The van der Waals surface area contributed by atoms with Crippen LogP contribution in [0, 0.1) is 0 Å². The number of hydrogen-bond donors (Lipinski definition) is 0. The summed E-state index contributed by atoms with van der Waals surface area (Å²) in [6.07, 6.45) is 0. The van der Waals surface area contributed by atoms with E-state index in [-0.39, 0.29) is 5.41 Å². The zero-order valence-corrected chi connectivity index (χ0v) is 11.4. The van der Waals surface area contributed by atoms with Gasteiger partial charge in [0.1, 0.15) is 0 Å². The van der Waals surface area contributed by atoms with Crippen LogP contribution < -0.4 is 0 Å². The lowest BCUT2D eigenvalue weighted by Gasteiger charge is -2.22. The normalized spacial score (nSPS) is 12.4. The van der Waals surface area contributed by atoms with Crippen LogP contribution in [-0.4, -0.2) is 4.98 Å². The largest absolute Gasteiger partial charge is 0.256 e. The van der Waals surface area contributed by atoms with Crippen molar-refractivity contribution in [3.8, 4) is 0 Å². The number of pyridine rings is 1. The second kappa shape index (κ2) is 4.14. The van der Waals surface area contributed by atoms with Crippen molar-refractivity contribution in [2.75, 3.05) is 0 Å². The quantitative estimate of drug-likeness (QED) is 0.690. The van der Waals surface area contributed by atoms with Crippen LogP contribution >= 0.6 is 0 Å². The van der Waals surface area contributed by atoms with Crippen LogP contribution in [0.25, 0.3) is 10.8 Å². The van der Waals surface area contributed by atoms with Gasteiger partial charge in [0, 0.05) is 16.5 Å². The van der Waals surface area contributed by atoms with Gasteiger partial charge in [-0.3, -0.25) is 4.98 Å². The molecule has 2 aromatic rings. The van der Waals surface area contributed by atoms with Crippen molar-refractivity contribution in [3.63, 3.8) is 0 Å². The molecule has 0 aliphatic heterocycles. The van der Waals surface area contributed by atoms with Crippen LogP contribution in [0.15, 0.2) is 30.3 Å². The highest BCUT2D eigenvalue weighted by Gasteiger charge is 2.20. The van der Waals surface area contributed by atoms with E-state index in [1.165, 1.54) is 22.2 Å². The maximum Gasteiger partial charge on any atom is 0.0538 e. The van der Waals surface area contributed by atoms with Gasteiger partial charge in [-0.15, -0.1) is 0 Å². The first kappa shape index (κ1) is 12.1. The summed E-state index contributed by atoms with van der Waals surface area (Å²) in [5.74, 6) is 0.473. The highest BCUT2D eigenvalue weighted by atomic mass is 14.7. The van der Waals surface area contributed by atoms with Crippen molar-refractivity contribution in [3.05, 3.63) is 41.7 Å².